The number of ketones is 2. The smallest absolute Gasteiger partial charge is 0.308 e. The zero-order chi connectivity index (χ0) is 46.2. The van der Waals surface area contributed by atoms with Gasteiger partial charge in [-0.25, -0.2) is 15.0 Å². The maximum Gasteiger partial charge on any atom is 0.308 e. The summed E-state index contributed by atoms with van der Waals surface area (Å²) >= 11 is 0. The molecule has 3 aromatic rings. The fourth-order valence-electron chi connectivity index (χ4n) is 7.67. The van der Waals surface area contributed by atoms with E-state index in [1.807, 2.05) is 33.8 Å². The number of hydrogen-bond donors (Lipinski definition) is 2. The number of fused-ring (bicyclic) bond motifs is 8. The van der Waals surface area contributed by atoms with Gasteiger partial charge in [0, 0.05) is 71.6 Å². The number of aliphatic hydroxyl groups excluding tert-OH is 2. The Morgan fingerprint density at radius 3 is 2.40 bits per heavy atom. The van der Waals surface area contributed by atoms with Crippen molar-refractivity contribution < 1.29 is 61.6 Å². The number of rotatable bonds is 15. The second-order valence-electron chi connectivity index (χ2n) is 16.8. The van der Waals surface area contributed by atoms with Crippen LogP contribution in [-0.4, -0.2) is 112 Å². The van der Waals surface area contributed by atoms with Crippen LogP contribution in [0.5, 0.6) is 0 Å². The molecule has 1 aliphatic heterocycles. The van der Waals surface area contributed by atoms with Gasteiger partial charge in [-0.05, 0) is 43.9 Å². The Balaban J connectivity index is 1.51. The van der Waals surface area contributed by atoms with Gasteiger partial charge in [-0.1, -0.05) is 46.8 Å². The summed E-state index contributed by atoms with van der Waals surface area (Å²) in [5.41, 5.74) is 1.30. The third-order valence-electron chi connectivity index (χ3n) is 11.7. The Morgan fingerprint density at radius 1 is 1.00 bits per heavy atom. The van der Waals surface area contributed by atoms with E-state index in [4.69, 9.17) is 32.2 Å². The van der Waals surface area contributed by atoms with Gasteiger partial charge in [-0.15, -0.1) is 0 Å². The van der Waals surface area contributed by atoms with Gasteiger partial charge in [-0.2, -0.15) is 0 Å². The number of aromatic nitrogens is 3. The van der Waals surface area contributed by atoms with Crippen LogP contribution in [0, 0.1) is 23.7 Å². The van der Waals surface area contributed by atoms with Gasteiger partial charge in [0.05, 0.1) is 36.3 Å². The summed E-state index contributed by atoms with van der Waals surface area (Å²) in [5, 5.41) is 20.2. The number of aliphatic hydroxyl groups is 2. The summed E-state index contributed by atoms with van der Waals surface area (Å²) < 4.78 is 40.6. The number of esters is 2. The average molecular weight is 883 g/mol. The Bertz CT molecular complexity index is 1970. The van der Waals surface area contributed by atoms with Gasteiger partial charge < -0.3 is 47.3 Å². The minimum atomic E-state index is -1.03. The highest BCUT2D eigenvalue weighted by Gasteiger charge is 2.35. The molecule has 0 aliphatic carbocycles. The quantitative estimate of drug-likeness (QED) is 0.116. The van der Waals surface area contributed by atoms with Crippen LogP contribution in [0.25, 0.3) is 29.2 Å². The Labute approximate surface area is 369 Å². The van der Waals surface area contributed by atoms with Gasteiger partial charge in [0.1, 0.15) is 49.3 Å². The van der Waals surface area contributed by atoms with Crippen molar-refractivity contribution in [1.29, 1.82) is 0 Å². The Hall–Kier alpha value is -4.97. The molecule has 6 bridgehead atoms. The maximum atomic E-state index is 13.6. The molecular formula is C46H66N4O13. The lowest BCUT2D eigenvalue weighted by molar-refractivity contribution is -0.160. The van der Waals surface area contributed by atoms with Gasteiger partial charge in [0.15, 0.2) is 11.4 Å². The van der Waals surface area contributed by atoms with Crippen LogP contribution in [0.15, 0.2) is 50.4 Å². The third-order valence-corrected chi connectivity index (χ3v) is 11.7. The summed E-state index contributed by atoms with van der Waals surface area (Å²) in [7, 11) is 4.85. The summed E-state index contributed by atoms with van der Waals surface area (Å²) in [4.78, 5) is 67.1. The molecule has 0 aromatic carbocycles. The SMILES string of the molecule is CO[C@H]1CC=Cc2nc(co2)-c2nc(co2)-c2nc(co2)[C@@H](C)CC(=O)CCC[C@H](O)CC(=O)O[C@@H](C[C@H](OC)[C@@H](C)CCC(=O)[C@@H](C)C(OC(C)=O)C(C)C=CN(C)CO)[C@@H]1C. The number of nitrogens with zero attached hydrogens (tertiary/aromatic N) is 4. The first-order valence-electron chi connectivity index (χ1n) is 21.7. The molecule has 0 amide bonds. The summed E-state index contributed by atoms with van der Waals surface area (Å²) in [6, 6.07) is 0. The zero-order valence-electron chi connectivity index (χ0n) is 38.1. The van der Waals surface area contributed by atoms with E-state index in [2.05, 4.69) is 15.0 Å². The van der Waals surface area contributed by atoms with Crippen LogP contribution < -0.4 is 0 Å². The molecule has 4 heterocycles. The molecule has 10 atom stereocenters. The molecule has 0 fully saturated rings. The second-order valence-corrected chi connectivity index (χ2v) is 16.8. The molecule has 2 N–H and O–H groups in total. The summed E-state index contributed by atoms with van der Waals surface area (Å²) in [6.45, 7) is 10.5. The van der Waals surface area contributed by atoms with Crippen LogP contribution in [0.1, 0.15) is 117 Å². The highest BCUT2D eigenvalue weighted by molar-refractivity contribution is 5.82. The van der Waals surface area contributed by atoms with E-state index < -0.39 is 48.4 Å². The largest absolute Gasteiger partial charge is 0.462 e. The lowest BCUT2D eigenvalue weighted by atomic mass is 9.84. The van der Waals surface area contributed by atoms with Crippen LogP contribution in [0.3, 0.4) is 0 Å². The predicted octanol–water partition coefficient (Wildman–Crippen LogP) is 6.94. The topological polar surface area (TPSA) is 227 Å². The Morgan fingerprint density at radius 2 is 1.70 bits per heavy atom. The molecular weight excluding hydrogens is 817 g/mol. The first-order chi connectivity index (χ1) is 30.0. The summed E-state index contributed by atoms with van der Waals surface area (Å²) in [6.07, 6.45) is 10.1. The first kappa shape index (κ1) is 50.7. The van der Waals surface area contributed by atoms with Crippen molar-refractivity contribution >= 4 is 29.6 Å². The standard InChI is InChI=1S/C46H66N4O13/c1-27(16-17-38(55)30(4)44(62-32(6)52)28(2)18-19-50(7)26-51)40(58-9)22-41-31(5)39(57-8)14-11-15-42-47-36(24-59-42)45-49-37(25-61-45)46-48-35(23-60-46)29(3)20-33(53)12-10-13-34(54)21-43(56)63-41/h11,15,18-19,23-25,27-31,34,39-41,44,51,54H,10,12-14,16-17,20-22,26H2,1-9H3/t27-,28?,29-,30+,31+,34-,39-,40-,41-,44?/m0/s1. The lowest BCUT2D eigenvalue weighted by Gasteiger charge is -2.34. The van der Waals surface area contributed by atoms with E-state index in [-0.39, 0.29) is 92.3 Å². The van der Waals surface area contributed by atoms with Gasteiger partial charge in [0.25, 0.3) is 0 Å². The van der Waals surface area contributed by atoms with Gasteiger partial charge in [0.2, 0.25) is 17.7 Å². The molecule has 63 heavy (non-hydrogen) atoms. The molecule has 17 nitrogen and oxygen atoms in total. The first-order valence-corrected chi connectivity index (χ1v) is 21.7. The molecule has 1 aliphatic rings. The molecule has 348 valence electrons. The van der Waals surface area contributed by atoms with Crippen LogP contribution in [-0.2, 0) is 38.1 Å². The van der Waals surface area contributed by atoms with E-state index in [0.717, 1.165) is 0 Å². The lowest BCUT2D eigenvalue weighted by Crippen LogP contribution is -2.39. The van der Waals surface area contributed by atoms with Crippen LogP contribution >= 0.6 is 0 Å². The number of Topliss-reactive ketones (excluding diaryl/α,β-unsaturated/α-hetero) is 2. The molecule has 0 radical (unpaired) electrons. The molecule has 0 saturated heterocycles. The fraction of sp³-hybridized carbons (Fsp3) is 0.630. The van der Waals surface area contributed by atoms with E-state index in [1.54, 1.807) is 51.4 Å². The molecule has 4 rings (SSSR count). The van der Waals surface area contributed by atoms with Crippen LogP contribution in [0.2, 0.25) is 0 Å². The Kier molecular flexibility index (Phi) is 19.9. The normalized spacial score (nSPS) is 23.2. The van der Waals surface area contributed by atoms with Crippen molar-refractivity contribution in [2.75, 3.05) is 28.0 Å². The van der Waals surface area contributed by atoms with Gasteiger partial charge >= 0.3 is 11.9 Å². The zero-order valence-corrected chi connectivity index (χ0v) is 38.1. The number of oxazole rings is 3. The van der Waals surface area contributed by atoms with Crippen molar-refractivity contribution in [3.8, 4) is 23.2 Å². The summed E-state index contributed by atoms with van der Waals surface area (Å²) in [5.74, 6) is -2.13. The minimum absolute atomic E-state index is 0.0138. The van der Waals surface area contributed by atoms with Crippen molar-refractivity contribution in [2.45, 2.75) is 136 Å². The number of methoxy groups -OCH3 is 2. The average Bonchev–Trinajstić information content (AvgIpc) is 4.05. The number of carbonyl (C=O) groups is 4. The number of carbonyl (C=O) groups excluding carboxylic acids is 4. The van der Waals surface area contributed by atoms with Crippen molar-refractivity contribution in [3.05, 3.63) is 48.7 Å². The van der Waals surface area contributed by atoms with E-state index in [9.17, 15) is 29.4 Å². The molecule has 0 saturated carbocycles. The third kappa shape index (κ3) is 15.4. The maximum absolute atomic E-state index is 13.6. The molecule has 2 unspecified atom stereocenters. The molecule has 3 aromatic heterocycles. The van der Waals surface area contributed by atoms with Crippen molar-refractivity contribution in [1.82, 2.24) is 19.9 Å². The highest BCUT2D eigenvalue weighted by atomic mass is 16.6. The van der Waals surface area contributed by atoms with Crippen LogP contribution in [0.4, 0.5) is 0 Å². The fourth-order valence-corrected chi connectivity index (χ4v) is 7.67. The van der Waals surface area contributed by atoms with Gasteiger partial charge in [-0.3, -0.25) is 19.2 Å². The number of hydrogen-bond acceptors (Lipinski definition) is 17. The van der Waals surface area contributed by atoms with E-state index >= 15 is 0 Å². The van der Waals surface area contributed by atoms with E-state index in [1.165, 1.54) is 25.7 Å². The molecule has 17 heteroatoms. The monoisotopic (exact) mass is 882 g/mol. The second kappa shape index (κ2) is 24.8. The van der Waals surface area contributed by atoms with Crippen molar-refractivity contribution in [2.24, 2.45) is 23.7 Å². The minimum Gasteiger partial charge on any atom is -0.462 e. The number of cyclic esters (lactones) is 1. The predicted molar refractivity (Wildman–Crippen MR) is 230 cm³/mol. The molecule has 0 spiro atoms. The van der Waals surface area contributed by atoms with E-state index in [0.29, 0.717) is 42.2 Å². The number of ether oxygens (including phenoxy) is 4. The highest BCUT2D eigenvalue weighted by Crippen LogP contribution is 2.31. The van der Waals surface area contributed by atoms with Crippen molar-refractivity contribution in [3.63, 3.8) is 0 Å².